The molecular weight excluding hydrogens is 252 g/mol. The van der Waals surface area contributed by atoms with Crippen LogP contribution in [-0.4, -0.2) is 11.1 Å². The molecule has 100 valence electrons. The summed E-state index contributed by atoms with van der Waals surface area (Å²) in [6.07, 6.45) is -1.12. The second-order valence-electron chi connectivity index (χ2n) is 4.69. The Kier molecular flexibility index (Phi) is 3.69. The molecule has 18 heavy (non-hydrogen) atoms. The molecule has 1 rings (SSSR count). The second kappa shape index (κ2) is 4.59. The first-order valence-corrected chi connectivity index (χ1v) is 5.13. The maximum absolute atomic E-state index is 13.8. The molecule has 0 aliphatic carbocycles. The monoisotopic (exact) mass is 264 g/mol. The smallest absolute Gasteiger partial charge is 0.309 e. The van der Waals surface area contributed by atoms with Gasteiger partial charge in [-0.15, -0.1) is 0 Å². The van der Waals surface area contributed by atoms with Gasteiger partial charge in [-0.05, 0) is 32.0 Å². The highest BCUT2D eigenvalue weighted by Crippen LogP contribution is 2.41. The zero-order valence-corrected chi connectivity index (χ0v) is 9.81. The van der Waals surface area contributed by atoms with E-state index in [1.54, 1.807) is 0 Å². The molecule has 2 nitrogen and oxygen atoms in total. The van der Waals surface area contributed by atoms with Crippen LogP contribution in [0.4, 0.5) is 17.6 Å². The summed E-state index contributed by atoms with van der Waals surface area (Å²) in [6, 6.07) is 1.69. The van der Waals surface area contributed by atoms with Crippen molar-refractivity contribution in [3.63, 3.8) is 0 Å². The fraction of sp³-hybridized carbons (Fsp3) is 0.417. The Morgan fingerprint density at radius 3 is 2.33 bits per heavy atom. The molecule has 0 unspecified atom stereocenters. The number of carboxylic acid groups (broad SMARTS) is 1. The average Bonchev–Trinajstić information content (AvgIpc) is 2.19. The molecule has 1 N–H and O–H groups in total. The molecule has 0 spiro atoms. The van der Waals surface area contributed by atoms with Gasteiger partial charge in [-0.2, -0.15) is 0 Å². The molecule has 0 saturated carbocycles. The van der Waals surface area contributed by atoms with Gasteiger partial charge in [0.1, 0.15) is 11.6 Å². The van der Waals surface area contributed by atoms with E-state index in [0.29, 0.717) is 12.1 Å². The van der Waals surface area contributed by atoms with Gasteiger partial charge in [0.2, 0.25) is 0 Å². The summed E-state index contributed by atoms with van der Waals surface area (Å²) in [5, 5.41) is 8.77. The van der Waals surface area contributed by atoms with Gasteiger partial charge in [0.05, 0.1) is 11.0 Å². The molecule has 0 fully saturated rings. The lowest BCUT2D eigenvalue weighted by Gasteiger charge is -2.26. The highest BCUT2D eigenvalue weighted by Gasteiger charge is 2.44. The molecule has 1 aromatic rings. The number of rotatable bonds is 4. The topological polar surface area (TPSA) is 37.3 Å². The van der Waals surface area contributed by atoms with Crippen LogP contribution in [0.2, 0.25) is 0 Å². The summed E-state index contributed by atoms with van der Waals surface area (Å²) in [4.78, 5) is 10.8. The van der Waals surface area contributed by atoms with Crippen molar-refractivity contribution in [1.29, 1.82) is 0 Å². The lowest BCUT2D eigenvalue weighted by atomic mass is 9.84. The number of halogens is 4. The van der Waals surface area contributed by atoms with Crippen molar-refractivity contribution in [2.45, 2.75) is 26.2 Å². The van der Waals surface area contributed by atoms with Crippen molar-refractivity contribution in [3.8, 4) is 0 Å². The molecule has 0 aliphatic heterocycles. The van der Waals surface area contributed by atoms with Crippen molar-refractivity contribution in [3.05, 3.63) is 35.4 Å². The summed E-state index contributed by atoms with van der Waals surface area (Å²) in [6.45, 7) is 2.20. The van der Waals surface area contributed by atoms with Crippen LogP contribution in [0.3, 0.4) is 0 Å². The fourth-order valence-electron chi connectivity index (χ4n) is 1.50. The number of hydrogen-bond donors (Lipinski definition) is 1. The quantitative estimate of drug-likeness (QED) is 0.844. The van der Waals surface area contributed by atoms with Crippen LogP contribution >= 0.6 is 0 Å². The van der Waals surface area contributed by atoms with Gasteiger partial charge in [0.25, 0.3) is 5.92 Å². The summed E-state index contributed by atoms with van der Waals surface area (Å²) in [7, 11) is 0. The maximum atomic E-state index is 13.8. The van der Waals surface area contributed by atoms with Crippen molar-refractivity contribution in [2.75, 3.05) is 0 Å². The van der Waals surface area contributed by atoms with E-state index in [4.69, 9.17) is 5.11 Å². The molecular formula is C12H12F4O2. The van der Waals surface area contributed by atoms with E-state index in [1.165, 1.54) is 0 Å². The van der Waals surface area contributed by atoms with E-state index in [9.17, 15) is 22.4 Å². The van der Waals surface area contributed by atoms with E-state index < -0.39 is 40.9 Å². The SMILES string of the molecule is CC(C)(CC(F)(F)c1cc(F)ccc1F)C(=O)O. The first-order chi connectivity index (χ1) is 8.06. The molecule has 0 heterocycles. The Balaban J connectivity index is 3.13. The fourth-order valence-corrected chi connectivity index (χ4v) is 1.50. The zero-order chi connectivity index (χ0) is 14.1. The van der Waals surface area contributed by atoms with Crippen LogP contribution in [0.25, 0.3) is 0 Å². The molecule has 0 atom stereocenters. The molecule has 0 bridgehead atoms. The zero-order valence-electron chi connectivity index (χ0n) is 9.81. The van der Waals surface area contributed by atoms with Gasteiger partial charge in [0.15, 0.2) is 0 Å². The maximum Gasteiger partial charge on any atom is 0.309 e. The van der Waals surface area contributed by atoms with Crippen molar-refractivity contribution >= 4 is 5.97 Å². The number of carbonyl (C=O) groups is 1. The normalized spacial score (nSPS) is 12.6. The minimum Gasteiger partial charge on any atom is -0.481 e. The Bertz CT molecular complexity index is 469. The number of benzene rings is 1. The van der Waals surface area contributed by atoms with Gasteiger partial charge in [-0.1, -0.05) is 0 Å². The number of hydrogen-bond acceptors (Lipinski definition) is 1. The lowest BCUT2D eigenvalue weighted by Crippen LogP contribution is -2.31. The van der Waals surface area contributed by atoms with Crippen molar-refractivity contribution in [1.82, 2.24) is 0 Å². The van der Waals surface area contributed by atoms with Crippen LogP contribution in [0.1, 0.15) is 25.8 Å². The third-order valence-electron chi connectivity index (χ3n) is 2.57. The predicted octanol–water partition coefficient (Wildman–Crippen LogP) is 3.56. The summed E-state index contributed by atoms with van der Waals surface area (Å²) in [5.74, 6) is -7.45. The lowest BCUT2D eigenvalue weighted by molar-refractivity contribution is -0.153. The van der Waals surface area contributed by atoms with Crippen LogP contribution in [-0.2, 0) is 10.7 Å². The van der Waals surface area contributed by atoms with Crippen molar-refractivity contribution in [2.24, 2.45) is 5.41 Å². The van der Waals surface area contributed by atoms with Crippen LogP contribution in [0.5, 0.6) is 0 Å². The first-order valence-electron chi connectivity index (χ1n) is 5.13. The van der Waals surface area contributed by atoms with Gasteiger partial charge >= 0.3 is 5.97 Å². The van der Waals surface area contributed by atoms with E-state index in [-0.39, 0.29) is 0 Å². The minimum absolute atomic E-state index is 0.382. The molecule has 0 radical (unpaired) electrons. The minimum atomic E-state index is -3.76. The van der Waals surface area contributed by atoms with Crippen molar-refractivity contribution < 1.29 is 27.5 Å². The second-order valence-corrected chi connectivity index (χ2v) is 4.69. The third-order valence-corrected chi connectivity index (χ3v) is 2.57. The molecule has 0 amide bonds. The Morgan fingerprint density at radius 2 is 1.83 bits per heavy atom. The van der Waals surface area contributed by atoms with Gasteiger partial charge in [0, 0.05) is 6.42 Å². The average molecular weight is 264 g/mol. The summed E-state index contributed by atoms with van der Waals surface area (Å²) in [5.41, 5.74) is -2.88. The largest absolute Gasteiger partial charge is 0.481 e. The Labute approximate surface area is 101 Å². The van der Waals surface area contributed by atoms with E-state index >= 15 is 0 Å². The van der Waals surface area contributed by atoms with E-state index in [2.05, 4.69) is 0 Å². The van der Waals surface area contributed by atoms with Crippen LogP contribution in [0, 0.1) is 17.0 Å². The molecule has 0 saturated heterocycles. The molecule has 6 heteroatoms. The molecule has 0 aromatic heterocycles. The number of alkyl halides is 2. The first kappa shape index (κ1) is 14.5. The Morgan fingerprint density at radius 1 is 1.28 bits per heavy atom. The number of carboxylic acids is 1. The van der Waals surface area contributed by atoms with E-state index in [1.807, 2.05) is 0 Å². The predicted molar refractivity (Wildman–Crippen MR) is 56.3 cm³/mol. The Hall–Kier alpha value is -1.59. The highest BCUT2D eigenvalue weighted by atomic mass is 19.3. The standard InChI is InChI=1S/C12H12F4O2/c1-11(2,10(17)18)6-12(15,16)8-5-7(13)3-4-9(8)14/h3-5H,6H2,1-2H3,(H,17,18). The third kappa shape index (κ3) is 3.00. The van der Waals surface area contributed by atoms with Gasteiger partial charge < -0.3 is 5.11 Å². The number of aliphatic carboxylic acids is 1. The molecule has 1 aromatic carbocycles. The van der Waals surface area contributed by atoms with Gasteiger partial charge in [-0.3, -0.25) is 4.79 Å². The van der Waals surface area contributed by atoms with Crippen LogP contribution < -0.4 is 0 Å². The van der Waals surface area contributed by atoms with Crippen LogP contribution in [0.15, 0.2) is 18.2 Å². The van der Waals surface area contributed by atoms with E-state index in [0.717, 1.165) is 19.9 Å². The highest BCUT2D eigenvalue weighted by molar-refractivity contribution is 5.73. The molecule has 0 aliphatic rings. The summed E-state index contributed by atoms with van der Waals surface area (Å²) < 4.78 is 53.7. The van der Waals surface area contributed by atoms with Gasteiger partial charge in [-0.25, -0.2) is 17.6 Å². The summed E-state index contributed by atoms with van der Waals surface area (Å²) >= 11 is 0.